The van der Waals surface area contributed by atoms with Crippen LogP contribution in [0.15, 0.2) is 29.4 Å². The molecule has 126 valence electrons. The van der Waals surface area contributed by atoms with Gasteiger partial charge in [-0.2, -0.15) is 10.7 Å². The normalized spacial score (nSPS) is 9.64. The molecule has 0 saturated heterocycles. The van der Waals surface area contributed by atoms with Gasteiger partial charge in [-0.3, -0.25) is 5.21 Å². The van der Waals surface area contributed by atoms with Crippen LogP contribution in [0, 0.1) is 0 Å². The fourth-order valence-electron chi connectivity index (χ4n) is 1.29. The summed E-state index contributed by atoms with van der Waals surface area (Å²) >= 11 is 0. The van der Waals surface area contributed by atoms with Crippen LogP contribution in [-0.2, 0) is 4.79 Å². The molecule has 0 fully saturated rings. The number of ether oxygens (including phenoxy) is 1. The molecule has 6 heteroatoms. The minimum absolute atomic E-state index is 0.520. The topological polar surface area (TPSA) is 96.9 Å². The summed E-state index contributed by atoms with van der Waals surface area (Å²) in [7, 11) is 1.50. The third kappa shape index (κ3) is 11.9. The van der Waals surface area contributed by atoms with E-state index in [1.54, 1.807) is 12.5 Å². The Labute approximate surface area is 133 Å². The maximum atomic E-state index is 10.1. The highest BCUT2D eigenvalue weighted by atomic mass is 16.5. The van der Waals surface area contributed by atoms with Gasteiger partial charge in [0.1, 0.15) is 12.0 Å². The third-order valence-corrected chi connectivity index (χ3v) is 2.22. The molecule has 0 saturated carbocycles. The van der Waals surface area contributed by atoms with E-state index in [-0.39, 0.29) is 0 Å². The summed E-state index contributed by atoms with van der Waals surface area (Å²) in [6.07, 6.45) is 3.38. The lowest BCUT2D eigenvalue weighted by molar-refractivity contribution is -0.108. The Morgan fingerprint density at radius 3 is 2.32 bits per heavy atom. The lowest BCUT2D eigenvalue weighted by atomic mass is 10.1. The minimum Gasteiger partial charge on any atom is -0.494 e. The molecular weight excluding hydrogens is 282 g/mol. The minimum atomic E-state index is 0.520. The molecule has 0 aliphatic carbocycles. The first-order chi connectivity index (χ1) is 10.7. The van der Waals surface area contributed by atoms with Crippen molar-refractivity contribution in [2.75, 3.05) is 13.7 Å². The number of hydrazone groups is 1. The van der Waals surface area contributed by atoms with Gasteiger partial charge in [-0.05, 0) is 50.2 Å². The highest BCUT2D eigenvalue weighted by Crippen LogP contribution is 2.13. The molecule has 0 atom stereocenters. The van der Waals surface area contributed by atoms with Gasteiger partial charge in [-0.15, -0.1) is 0 Å². The predicted molar refractivity (Wildman–Crippen MR) is 90.4 cm³/mol. The molecule has 1 rings (SSSR count). The Bertz CT molecular complexity index is 392. The zero-order valence-electron chi connectivity index (χ0n) is 14.0. The molecule has 4 N–H and O–H groups in total. The Balaban J connectivity index is 0. The number of aldehydes is 1. The van der Waals surface area contributed by atoms with Gasteiger partial charge in [0.15, 0.2) is 0 Å². The van der Waals surface area contributed by atoms with Gasteiger partial charge in [0.05, 0.1) is 12.3 Å². The van der Waals surface area contributed by atoms with Crippen molar-refractivity contribution >= 4 is 12.0 Å². The zero-order valence-corrected chi connectivity index (χ0v) is 14.0. The van der Waals surface area contributed by atoms with Crippen molar-refractivity contribution in [2.24, 2.45) is 10.8 Å². The first-order valence-corrected chi connectivity index (χ1v) is 7.37. The Hall–Kier alpha value is -1.92. The highest BCUT2D eigenvalue weighted by Gasteiger charge is 1.98. The van der Waals surface area contributed by atoms with Gasteiger partial charge in [0.2, 0.25) is 0 Å². The van der Waals surface area contributed by atoms with Gasteiger partial charge in [0, 0.05) is 6.42 Å². The molecule has 6 nitrogen and oxygen atoms in total. The summed E-state index contributed by atoms with van der Waals surface area (Å²) in [5.74, 6) is 0.754. The van der Waals surface area contributed by atoms with Crippen LogP contribution in [0.2, 0.25) is 0 Å². The molecule has 0 unspecified atom stereocenters. The van der Waals surface area contributed by atoms with Crippen LogP contribution >= 0.6 is 0 Å². The summed E-state index contributed by atoms with van der Waals surface area (Å²) in [5.41, 5.74) is 7.83. The third-order valence-electron chi connectivity index (χ3n) is 2.22. The zero-order chi connectivity index (χ0) is 17.2. The summed E-state index contributed by atoms with van der Waals surface area (Å²) in [4.78, 5) is 10.1. The van der Waals surface area contributed by atoms with E-state index in [2.05, 4.69) is 24.7 Å². The summed E-state index contributed by atoms with van der Waals surface area (Å²) in [6.45, 7) is 6.56. The number of nitrogens with zero attached hydrogens (tertiary/aromatic N) is 1. The van der Waals surface area contributed by atoms with Gasteiger partial charge in [0.25, 0.3) is 0 Å². The number of benzene rings is 1. The van der Waals surface area contributed by atoms with Crippen molar-refractivity contribution in [3.05, 3.63) is 29.8 Å². The van der Waals surface area contributed by atoms with Gasteiger partial charge in [-0.25, -0.2) is 0 Å². The number of unbranched alkanes of at least 4 members (excludes halogenated alkanes) is 1. The fraction of sp³-hybridized carbons (Fsp3) is 0.500. The van der Waals surface area contributed by atoms with Crippen molar-refractivity contribution in [3.8, 4) is 5.75 Å². The first-order valence-electron chi connectivity index (χ1n) is 7.37. The van der Waals surface area contributed by atoms with E-state index < -0.39 is 0 Å². The number of carbonyl (C=O) groups excluding carboxylic acids is 1. The number of hydrogen-bond acceptors (Lipinski definition) is 6. The van der Waals surface area contributed by atoms with Crippen molar-refractivity contribution in [1.82, 2.24) is 5.59 Å². The van der Waals surface area contributed by atoms with E-state index in [4.69, 9.17) is 9.94 Å². The average Bonchev–Trinajstić information content (AvgIpc) is 2.55. The lowest BCUT2D eigenvalue weighted by Gasteiger charge is -2.06. The highest BCUT2D eigenvalue weighted by molar-refractivity contribution is 5.98. The van der Waals surface area contributed by atoms with E-state index in [1.807, 2.05) is 24.3 Å². The van der Waals surface area contributed by atoms with Crippen LogP contribution < -0.4 is 16.1 Å². The van der Waals surface area contributed by atoms with Crippen LogP contribution in [0.25, 0.3) is 0 Å². The summed E-state index contributed by atoms with van der Waals surface area (Å²) in [5, 5.41) is 12.1. The largest absolute Gasteiger partial charge is 0.494 e. The molecule has 0 spiro atoms. The van der Waals surface area contributed by atoms with Crippen LogP contribution in [0.4, 0.5) is 0 Å². The second kappa shape index (κ2) is 17.1. The van der Waals surface area contributed by atoms with Gasteiger partial charge in [-0.1, -0.05) is 20.3 Å². The monoisotopic (exact) mass is 311 g/mol. The molecule has 0 bridgehead atoms. The number of hydrogen-bond donors (Lipinski definition) is 3. The van der Waals surface area contributed by atoms with E-state index in [9.17, 15) is 4.79 Å². The summed E-state index contributed by atoms with van der Waals surface area (Å²) < 4.78 is 5.44. The number of rotatable bonds is 7. The average molecular weight is 311 g/mol. The quantitative estimate of drug-likeness (QED) is 0.311. The number of nitrogens with one attached hydrogen (secondary N) is 1. The Morgan fingerprint density at radius 2 is 1.86 bits per heavy atom. The number of nitrogens with two attached hydrogens (primary N) is 1. The second-order valence-electron chi connectivity index (χ2n) is 4.19. The van der Waals surface area contributed by atoms with Gasteiger partial charge < -0.3 is 15.3 Å². The van der Waals surface area contributed by atoms with E-state index in [0.29, 0.717) is 18.7 Å². The predicted octanol–water partition coefficient (Wildman–Crippen LogP) is 2.74. The molecule has 0 aromatic heterocycles. The first kappa shape index (κ1) is 22.4. The van der Waals surface area contributed by atoms with Crippen LogP contribution in [-0.4, -0.2) is 30.9 Å². The smallest absolute Gasteiger partial charge is 0.120 e. The lowest BCUT2D eigenvalue weighted by Crippen LogP contribution is -2.04. The maximum Gasteiger partial charge on any atom is 0.120 e. The van der Waals surface area contributed by atoms with Crippen molar-refractivity contribution in [2.45, 2.75) is 40.0 Å². The molecule has 22 heavy (non-hydrogen) atoms. The second-order valence-corrected chi connectivity index (χ2v) is 4.19. The molecule has 0 aliphatic rings. The summed E-state index contributed by atoms with van der Waals surface area (Å²) in [6, 6.07) is 7.36. The van der Waals surface area contributed by atoms with E-state index in [0.717, 1.165) is 24.0 Å². The fourth-order valence-corrected chi connectivity index (χ4v) is 1.29. The SMILES string of the molecule is C/C(=N\NO)c1ccc(OCCCC=O)cc1.CCC.CN. The van der Waals surface area contributed by atoms with Gasteiger partial charge >= 0.3 is 0 Å². The Kier molecular flexibility index (Phi) is 17.4. The molecule has 1 aromatic rings. The molecule has 0 radical (unpaired) electrons. The molecule has 1 aromatic carbocycles. The molecular formula is C16H29N3O3. The van der Waals surface area contributed by atoms with Crippen molar-refractivity contribution < 1.29 is 14.7 Å². The van der Waals surface area contributed by atoms with Crippen molar-refractivity contribution in [1.29, 1.82) is 0 Å². The van der Waals surface area contributed by atoms with Crippen LogP contribution in [0.3, 0.4) is 0 Å². The maximum absolute atomic E-state index is 10.1. The van der Waals surface area contributed by atoms with Crippen molar-refractivity contribution in [3.63, 3.8) is 0 Å². The Morgan fingerprint density at radius 1 is 1.32 bits per heavy atom. The van der Waals surface area contributed by atoms with Crippen LogP contribution in [0.5, 0.6) is 5.75 Å². The molecule has 0 amide bonds. The molecule has 0 heterocycles. The van der Waals surface area contributed by atoms with E-state index >= 15 is 0 Å². The van der Waals surface area contributed by atoms with E-state index in [1.165, 1.54) is 13.5 Å². The standard InChI is InChI=1S/C12H16N2O3.C3H8.CH5N/c1-10(13-14-16)11-4-6-12(7-5-11)17-9-3-2-8-15;1-3-2;1-2/h4-8,14,16H,2-3,9H2,1H3;3H2,1-2H3;2H2,1H3/b13-10+;;. The van der Waals surface area contributed by atoms with Crippen LogP contribution in [0.1, 0.15) is 45.6 Å². The number of carbonyl (C=O) groups is 1. The molecule has 0 aliphatic heterocycles.